The van der Waals surface area contributed by atoms with Gasteiger partial charge in [-0.1, -0.05) is 78.9 Å². The summed E-state index contributed by atoms with van der Waals surface area (Å²) in [5, 5.41) is 14.3. The number of aromatic nitrogens is 3. The quantitative estimate of drug-likeness (QED) is 0.362. The maximum Gasteiger partial charge on any atom is 0.177 e. The van der Waals surface area contributed by atoms with Gasteiger partial charge in [0.2, 0.25) is 0 Å². The first-order valence-corrected chi connectivity index (χ1v) is 12.7. The summed E-state index contributed by atoms with van der Waals surface area (Å²) < 4.78 is 24.2. The van der Waals surface area contributed by atoms with Crippen molar-refractivity contribution in [3.05, 3.63) is 103 Å². The highest BCUT2D eigenvalue weighted by Gasteiger charge is 2.17. The second kappa shape index (κ2) is 9.03. The summed E-state index contributed by atoms with van der Waals surface area (Å²) in [7, 11) is -3.41. The van der Waals surface area contributed by atoms with Crippen molar-refractivity contribution >= 4 is 26.4 Å². The van der Waals surface area contributed by atoms with E-state index < -0.39 is 9.84 Å². The molecule has 7 heteroatoms. The van der Waals surface area contributed by atoms with E-state index in [2.05, 4.69) is 50.8 Å². The zero-order valence-corrected chi connectivity index (χ0v) is 19.3. The molecule has 0 radical (unpaired) electrons. The number of hydrogen-bond donors (Lipinski definition) is 1. The predicted octanol–water partition coefficient (Wildman–Crippen LogP) is 5.37. The molecule has 0 unspecified atom stereocenters. The van der Waals surface area contributed by atoms with Gasteiger partial charge in [-0.3, -0.25) is 4.98 Å². The van der Waals surface area contributed by atoms with Gasteiger partial charge < -0.3 is 5.32 Å². The molecule has 0 atom stereocenters. The molecule has 0 bridgehead atoms. The van der Waals surface area contributed by atoms with Gasteiger partial charge in [-0.15, -0.1) is 10.2 Å². The third kappa shape index (κ3) is 4.38. The number of benzene rings is 3. The maximum absolute atomic E-state index is 12.1. The number of hydrogen-bond acceptors (Lipinski definition) is 6. The lowest BCUT2D eigenvalue weighted by Crippen LogP contribution is -2.05. The molecule has 34 heavy (non-hydrogen) atoms. The van der Waals surface area contributed by atoms with Crippen molar-refractivity contribution in [1.82, 2.24) is 15.2 Å². The second-order valence-corrected chi connectivity index (χ2v) is 10.0. The minimum atomic E-state index is -3.41. The molecule has 3 aromatic carbocycles. The molecule has 168 valence electrons. The van der Waals surface area contributed by atoms with Gasteiger partial charge in [0.15, 0.2) is 15.7 Å². The molecular weight excluding hydrogens is 444 g/mol. The lowest BCUT2D eigenvalue weighted by Gasteiger charge is -2.15. The van der Waals surface area contributed by atoms with E-state index in [1.54, 1.807) is 12.3 Å². The monoisotopic (exact) mass is 466 g/mol. The SMILES string of the molecule is CS(=O)(=O)c1cncc(-c2nnc(NCc3ccccc3)c3c(-c4ccccc4)cccc23)c1. The zero-order valence-electron chi connectivity index (χ0n) is 18.5. The lowest BCUT2D eigenvalue weighted by molar-refractivity contribution is 0.601. The van der Waals surface area contributed by atoms with Crippen LogP contribution < -0.4 is 5.32 Å². The van der Waals surface area contributed by atoms with Crippen molar-refractivity contribution in [2.45, 2.75) is 11.4 Å². The van der Waals surface area contributed by atoms with Crippen molar-refractivity contribution in [1.29, 1.82) is 0 Å². The van der Waals surface area contributed by atoms with Crippen LogP contribution in [0.1, 0.15) is 5.56 Å². The van der Waals surface area contributed by atoms with Crippen LogP contribution >= 0.6 is 0 Å². The molecule has 0 aliphatic carbocycles. The Morgan fingerprint density at radius 2 is 1.53 bits per heavy atom. The Morgan fingerprint density at radius 3 is 2.26 bits per heavy atom. The van der Waals surface area contributed by atoms with Crippen molar-refractivity contribution in [2.24, 2.45) is 0 Å². The van der Waals surface area contributed by atoms with Crippen LogP contribution in [0.2, 0.25) is 0 Å². The number of nitrogens with zero attached hydrogens (tertiary/aromatic N) is 3. The van der Waals surface area contributed by atoms with Gasteiger partial charge >= 0.3 is 0 Å². The Bertz CT molecular complexity index is 1570. The van der Waals surface area contributed by atoms with Crippen LogP contribution in [0.5, 0.6) is 0 Å². The topological polar surface area (TPSA) is 84.8 Å². The van der Waals surface area contributed by atoms with E-state index >= 15 is 0 Å². The van der Waals surface area contributed by atoms with E-state index in [9.17, 15) is 8.42 Å². The molecule has 5 rings (SSSR count). The molecule has 0 aliphatic heterocycles. The smallest absolute Gasteiger partial charge is 0.177 e. The lowest BCUT2D eigenvalue weighted by atomic mass is 9.96. The van der Waals surface area contributed by atoms with Gasteiger partial charge in [0.1, 0.15) is 5.69 Å². The van der Waals surface area contributed by atoms with Crippen LogP contribution in [0.15, 0.2) is 102 Å². The van der Waals surface area contributed by atoms with Gasteiger partial charge in [-0.25, -0.2) is 8.42 Å². The highest BCUT2D eigenvalue weighted by atomic mass is 32.2. The van der Waals surface area contributed by atoms with Gasteiger partial charge in [-0.05, 0) is 22.8 Å². The Hall–Kier alpha value is -4.10. The van der Waals surface area contributed by atoms with E-state index in [1.807, 2.05) is 48.5 Å². The summed E-state index contributed by atoms with van der Waals surface area (Å²) in [5.74, 6) is 0.661. The Balaban J connectivity index is 1.71. The van der Waals surface area contributed by atoms with Gasteiger partial charge in [0.05, 0.1) is 4.90 Å². The number of pyridine rings is 1. The van der Waals surface area contributed by atoms with Crippen LogP contribution in [0.4, 0.5) is 5.82 Å². The van der Waals surface area contributed by atoms with Crippen LogP contribution in [-0.4, -0.2) is 29.9 Å². The van der Waals surface area contributed by atoms with E-state index in [0.717, 1.165) is 27.5 Å². The number of anilines is 1. The van der Waals surface area contributed by atoms with Crippen molar-refractivity contribution in [3.63, 3.8) is 0 Å². The molecule has 2 heterocycles. The van der Waals surface area contributed by atoms with E-state index in [0.29, 0.717) is 23.6 Å². The first-order chi connectivity index (χ1) is 16.5. The summed E-state index contributed by atoms with van der Waals surface area (Å²) in [5.41, 5.74) is 4.37. The third-order valence-corrected chi connectivity index (χ3v) is 6.69. The Morgan fingerprint density at radius 1 is 0.794 bits per heavy atom. The standard InChI is InChI=1S/C27H22N4O2S/c1-34(32,33)22-15-21(17-28-18-22)26-24-14-8-13-23(20-11-6-3-7-12-20)25(24)27(31-30-26)29-16-19-9-4-2-5-10-19/h2-15,17-18H,16H2,1H3,(H,29,31). The number of sulfone groups is 1. The average Bonchev–Trinajstić information content (AvgIpc) is 2.87. The second-order valence-electron chi connectivity index (χ2n) is 8.01. The van der Waals surface area contributed by atoms with Crippen LogP contribution in [-0.2, 0) is 16.4 Å². The first-order valence-electron chi connectivity index (χ1n) is 10.8. The summed E-state index contributed by atoms with van der Waals surface area (Å²) in [6, 6.07) is 27.8. The Kier molecular flexibility index (Phi) is 5.77. The minimum Gasteiger partial charge on any atom is -0.364 e. The maximum atomic E-state index is 12.1. The Labute approximate surface area is 198 Å². The molecule has 0 amide bonds. The fourth-order valence-electron chi connectivity index (χ4n) is 3.94. The molecule has 5 aromatic rings. The van der Waals surface area contributed by atoms with E-state index in [1.165, 1.54) is 12.5 Å². The van der Waals surface area contributed by atoms with E-state index in [4.69, 9.17) is 0 Å². The molecular formula is C27H22N4O2S. The van der Waals surface area contributed by atoms with Crippen LogP contribution in [0.25, 0.3) is 33.2 Å². The van der Waals surface area contributed by atoms with Crippen molar-refractivity contribution in [3.8, 4) is 22.4 Å². The predicted molar refractivity (Wildman–Crippen MR) is 135 cm³/mol. The first kappa shape index (κ1) is 21.7. The number of fused-ring (bicyclic) bond motifs is 1. The van der Waals surface area contributed by atoms with Gasteiger partial charge in [0, 0.05) is 41.5 Å². The summed E-state index contributed by atoms with van der Waals surface area (Å²) in [6.07, 6.45) is 4.13. The third-order valence-electron chi connectivity index (χ3n) is 5.61. The molecule has 6 nitrogen and oxygen atoms in total. The summed E-state index contributed by atoms with van der Waals surface area (Å²) in [6.45, 7) is 0.595. The van der Waals surface area contributed by atoms with Gasteiger partial charge in [-0.2, -0.15) is 0 Å². The van der Waals surface area contributed by atoms with E-state index in [-0.39, 0.29) is 4.90 Å². The molecule has 0 saturated heterocycles. The largest absolute Gasteiger partial charge is 0.364 e. The normalized spacial score (nSPS) is 11.4. The molecule has 0 aliphatic rings. The summed E-state index contributed by atoms with van der Waals surface area (Å²) in [4.78, 5) is 4.29. The molecule has 2 aromatic heterocycles. The zero-order chi connectivity index (χ0) is 23.5. The fraction of sp³-hybridized carbons (Fsp3) is 0.0741. The van der Waals surface area contributed by atoms with Gasteiger partial charge in [0.25, 0.3) is 0 Å². The highest BCUT2D eigenvalue weighted by molar-refractivity contribution is 7.90. The average molecular weight is 467 g/mol. The van der Waals surface area contributed by atoms with Crippen molar-refractivity contribution < 1.29 is 8.42 Å². The highest BCUT2D eigenvalue weighted by Crippen LogP contribution is 2.37. The van der Waals surface area contributed by atoms with Crippen LogP contribution in [0, 0.1) is 0 Å². The molecule has 0 spiro atoms. The molecule has 0 saturated carbocycles. The fourth-order valence-corrected chi connectivity index (χ4v) is 4.53. The van der Waals surface area contributed by atoms with Crippen LogP contribution in [0.3, 0.4) is 0 Å². The molecule has 0 fully saturated rings. The molecule has 1 N–H and O–H groups in total. The number of nitrogens with one attached hydrogen (secondary N) is 1. The van der Waals surface area contributed by atoms with Crippen molar-refractivity contribution in [2.75, 3.05) is 11.6 Å². The number of rotatable bonds is 6. The minimum absolute atomic E-state index is 0.144. The summed E-state index contributed by atoms with van der Waals surface area (Å²) >= 11 is 0.